The lowest BCUT2D eigenvalue weighted by atomic mass is 10.0. The third-order valence-electron chi connectivity index (χ3n) is 1.29. The second-order valence-electron chi connectivity index (χ2n) is 2.10. The van der Waals surface area contributed by atoms with Crippen molar-refractivity contribution in [2.24, 2.45) is 11.5 Å². The molecular weight excluding hydrogens is 136 g/mol. The van der Waals surface area contributed by atoms with Crippen LogP contribution in [0.3, 0.4) is 0 Å². The van der Waals surface area contributed by atoms with E-state index in [1.165, 1.54) is 0 Å². The van der Waals surface area contributed by atoms with Crippen LogP contribution in [0, 0.1) is 0 Å². The van der Waals surface area contributed by atoms with Crippen LogP contribution in [-0.4, -0.2) is 11.0 Å². The fourth-order valence-electron chi connectivity index (χ4n) is 0.645. The molecule has 1 aliphatic carbocycles. The van der Waals surface area contributed by atoms with Gasteiger partial charge in [0.2, 0.25) is 0 Å². The Morgan fingerprint density at radius 1 is 1.44 bits per heavy atom. The zero-order valence-corrected chi connectivity index (χ0v) is 5.68. The number of rotatable bonds is 0. The lowest BCUT2D eigenvalue weighted by Gasteiger charge is -2.24. The molecule has 2 nitrogen and oxygen atoms in total. The summed E-state index contributed by atoms with van der Waals surface area (Å²) in [6.07, 6.45) is 7.07. The van der Waals surface area contributed by atoms with Crippen LogP contribution >= 0.6 is 11.6 Å². The van der Waals surface area contributed by atoms with Crippen molar-refractivity contribution in [3.63, 3.8) is 0 Å². The topological polar surface area (TPSA) is 52.0 Å². The third-order valence-corrected chi connectivity index (χ3v) is 1.67. The smallest absolute Gasteiger partial charge is 0.129 e. The maximum absolute atomic E-state index is 5.74. The molecule has 0 aromatic carbocycles. The van der Waals surface area contributed by atoms with Gasteiger partial charge >= 0.3 is 0 Å². The lowest BCUT2D eigenvalue weighted by Crippen LogP contribution is -2.48. The second-order valence-corrected chi connectivity index (χ2v) is 2.75. The second kappa shape index (κ2) is 2.14. The first-order chi connectivity index (χ1) is 4.13. The molecule has 50 valence electrons. The predicted octanol–water partition coefficient (Wildman–Crippen LogP) is 0.334. The first-order valence-electron chi connectivity index (χ1n) is 2.72. The molecule has 3 heteroatoms. The lowest BCUT2D eigenvalue weighted by molar-refractivity contribution is 0.635. The van der Waals surface area contributed by atoms with Crippen LogP contribution in [0.1, 0.15) is 0 Å². The van der Waals surface area contributed by atoms with E-state index in [9.17, 15) is 0 Å². The van der Waals surface area contributed by atoms with E-state index in [0.29, 0.717) is 0 Å². The minimum Gasteiger partial charge on any atom is -0.322 e. The molecule has 0 saturated carbocycles. The van der Waals surface area contributed by atoms with E-state index in [1.807, 2.05) is 6.08 Å². The van der Waals surface area contributed by atoms with E-state index in [2.05, 4.69) is 0 Å². The summed E-state index contributed by atoms with van der Waals surface area (Å²) in [5.74, 6) is 0. The molecule has 0 aliphatic heterocycles. The standard InChI is InChI=1S/C6H9ClN2/c7-6(9)4-2-1-3-5(6)8/h1-5H,8-9H2. The molecule has 1 aliphatic rings. The molecule has 0 saturated heterocycles. The summed E-state index contributed by atoms with van der Waals surface area (Å²) in [7, 11) is 0. The van der Waals surface area contributed by atoms with Gasteiger partial charge in [0.1, 0.15) is 5.00 Å². The Balaban J connectivity index is 2.78. The Kier molecular flexibility index (Phi) is 1.62. The summed E-state index contributed by atoms with van der Waals surface area (Å²) in [5, 5.41) is 0. The maximum atomic E-state index is 5.74. The van der Waals surface area contributed by atoms with Crippen LogP contribution < -0.4 is 11.5 Å². The van der Waals surface area contributed by atoms with Crippen LogP contribution in [0.4, 0.5) is 0 Å². The van der Waals surface area contributed by atoms with Crippen molar-refractivity contribution in [2.75, 3.05) is 0 Å². The zero-order valence-electron chi connectivity index (χ0n) is 4.92. The summed E-state index contributed by atoms with van der Waals surface area (Å²) in [5.41, 5.74) is 11.0. The van der Waals surface area contributed by atoms with E-state index < -0.39 is 5.00 Å². The van der Waals surface area contributed by atoms with Crippen molar-refractivity contribution in [3.8, 4) is 0 Å². The maximum Gasteiger partial charge on any atom is 0.129 e. The number of halogens is 1. The molecule has 0 aromatic heterocycles. The molecule has 0 amide bonds. The van der Waals surface area contributed by atoms with Gasteiger partial charge in [0.15, 0.2) is 0 Å². The molecular formula is C6H9ClN2. The highest BCUT2D eigenvalue weighted by Crippen LogP contribution is 2.17. The average molecular weight is 145 g/mol. The number of alkyl halides is 1. The van der Waals surface area contributed by atoms with Crippen molar-refractivity contribution in [1.82, 2.24) is 0 Å². The van der Waals surface area contributed by atoms with Gasteiger partial charge in [-0.1, -0.05) is 29.8 Å². The summed E-state index contributed by atoms with van der Waals surface area (Å²) in [4.78, 5) is -0.880. The Morgan fingerprint density at radius 2 is 2.11 bits per heavy atom. The third kappa shape index (κ3) is 1.33. The quantitative estimate of drug-likeness (QED) is 0.381. The summed E-state index contributed by atoms with van der Waals surface area (Å²) >= 11 is 5.74. The molecule has 0 spiro atoms. The van der Waals surface area contributed by atoms with Gasteiger partial charge in [-0.25, -0.2) is 0 Å². The van der Waals surface area contributed by atoms with E-state index in [0.717, 1.165) is 0 Å². The first kappa shape index (κ1) is 6.81. The van der Waals surface area contributed by atoms with Gasteiger partial charge in [-0.3, -0.25) is 0 Å². The Morgan fingerprint density at radius 3 is 2.44 bits per heavy atom. The molecule has 2 unspecified atom stereocenters. The first-order valence-corrected chi connectivity index (χ1v) is 3.10. The van der Waals surface area contributed by atoms with Crippen LogP contribution in [-0.2, 0) is 0 Å². The Bertz CT molecular complexity index is 160. The highest BCUT2D eigenvalue weighted by molar-refractivity contribution is 6.25. The average Bonchev–Trinajstić information content (AvgIpc) is 1.77. The van der Waals surface area contributed by atoms with Gasteiger partial charge in [0.05, 0.1) is 6.04 Å². The molecule has 0 bridgehead atoms. The molecule has 0 fully saturated rings. The van der Waals surface area contributed by atoms with Gasteiger partial charge in [-0.2, -0.15) is 0 Å². The molecule has 9 heavy (non-hydrogen) atoms. The fourth-order valence-corrected chi connectivity index (χ4v) is 0.791. The van der Waals surface area contributed by atoms with Crippen molar-refractivity contribution >= 4 is 11.6 Å². The number of hydrogen-bond donors (Lipinski definition) is 2. The van der Waals surface area contributed by atoms with Crippen molar-refractivity contribution < 1.29 is 0 Å². The van der Waals surface area contributed by atoms with E-state index in [4.69, 9.17) is 23.1 Å². The number of nitrogens with two attached hydrogens (primary N) is 2. The molecule has 0 radical (unpaired) electrons. The molecule has 0 aromatic rings. The van der Waals surface area contributed by atoms with Gasteiger partial charge in [0.25, 0.3) is 0 Å². The van der Waals surface area contributed by atoms with Gasteiger partial charge < -0.3 is 11.5 Å². The molecule has 4 N–H and O–H groups in total. The summed E-state index contributed by atoms with van der Waals surface area (Å²) < 4.78 is 0. The number of allylic oxidation sites excluding steroid dienone is 2. The van der Waals surface area contributed by atoms with E-state index in [1.54, 1.807) is 18.2 Å². The zero-order chi connectivity index (χ0) is 6.91. The Hall–Kier alpha value is -0.310. The number of hydrogen-bond acceptors (Lipinski definition) is 2. The van der Waals surface area contributed by atoms with Crippen LogP contribution in [0.5, 0.6) is 0 Å². The van der Waals surface area contributed by atoms with Crippen LogP contribution in [0.15, 0.2) is 24.3 Å². The summed E-state index contributed by atoms with van der Waals surface area (Å²) in [6.45, 7) is 0. The van der Waals surface area contributed by atoms with Crippen LogP contribution in [0.25, 0.3) is 0 Å². The van der Waals surface area contributed by atoms with Gasteiger partial charge in [0, 0.05) is 0 Å². The van der Waals surface area contributed by atoms with Gasteiger partial charge in [-0.15, -0.1) is 0 Å². The molecule has 0 heterocycles. The fraction of sp³-hybridized carbons (Fsp3) is 0.333. The van der Waals surface area contributed by atoms with E-state index in [-0.39, 0.29) is 6.04 Å². The monoisotopic (exact) mass is 144 g/mol. The molecule has 2 atom stereocenters. The van der Waals surface area contributed by atoms with Crippen molar-refractivity contribution in [1.29, 1.82) is 0 Å². The highest BCUT2D eigenvalue weighted by atomic mass is 35.5. The summed E-state index contributed by atoms with van der Waals surface area (Å²) in [6, 6.07) is -0.274. The normalized spacial score (nSPS) is 41.4. The predicted molar refractivity (Wildman–Crippen MR) is 39.0 cm³/mol. The highest BCUT2D eigenvalue weighted by Gasteiger charge is 2.25. The largest absolute Gasteiger partial charge is 0.322 e. The minimum atomic E-state index is -0.880. The minimum absolute atomic E-state index is 0.274. The van der Waals surface area contributed by atoms with Crippen LogP contribution in [0.2, 0.25) is 0 Å². The SMILES string of the molecule is NC1C=CC=CC1(N)Cl. The van der Waals surface area contributed by atoms with Gasteiger partial charge in [-0.05, 0) is 6.08 Å². The van der Waals surface area contributed by atoms with E-state index >= 15 is 0 Å². The molecule has 1 rings (SSSR count). The van der Waals surface area contributed by atoms with Crippen molar-refractivity contribution in [2.45, 2.75) is 11.0 Å². The Labute approximate surface area is 59.2 Å². The van der Waals surface area contributed by atoms with Crippen molar-refractivity contribution in [3.05, 3.63) is 24.3 Å².